The predicted octanol–water partition coefficient (Wildman–Crippen LogP) is -2.08. The molecule has 0 aromatic heterocycles. The number of carbonyl (C=O) groups is 1. The van der Waals surface area contributed by atoms with Crippen molar-refractivity contribution in [2.75, 3.05) is 6.61 Å². The number of aliphatic hydroxyl groups excluding tert-OH is 3. The molecule has 13 heteroatoms. The first-order valence-electron chi connectivity index (χ1n) is 5.49. The van der Waals surface area contributed by atoms with Gasteiger partial charge in [0, 0.05) is 6.92 Å². The molecule has 0 aromatic rings. The highest BCUT2D eigenvalue weighted by atomic mass is 31.1. The molecule has 0 aromatic carbocycles. The average molecular weight is 345 g/mol. The third kappa shape index (κ3) is 2.62. The average Bonchev–Trinajstić information content (AvgIpc) is 2.38. The smallest absolute Gasteiger partial charge is 0.380 e. The van der Waals surface area contributed by atoms with Crippen LogP contribution in [0.4, 0.5) is 0 Å². The third-order valence-electron chi connectivity index (χ3n) is 3.03. The number of ether oxygens (including phenoxy) is 1. The van der Waals surface area contributed by atoms with Gasteiger partial charge in [-0.2, -0.15) is 0 Å². The van der Waals surface area contributed by atoms with Crippen molar-refractivity contribution in [3.8, 4) is 0 Å². The summed E-state index contributed by atoms with van der Waals surface area (Å²) < 4.78 is 50.0. The summed E-state index contributed by atoms with van der Waals surface area (Å²) in [5.41, 5.74) is -3.57. The lowest BCUT2D eigenvalue weighted by Crippen LogP contribution is -2.75. The lowest BCUT2D eigenvalue weighted by molar-refractivity contribution is -0.288. The maximum absolute atomic E-state index is 11.5. The summed E-state index contributed by atoms with van der Waals surface area (Å²) in [6, 6.07) is 0. The molecule has 0 aliphatic carbocycles. The normalized spacial score (nSPS) is 39.6. The van der Waals surface area contributed by atoms with E-state index < -0.39 is 57.0 Å². The second-order valence-corrected chi connectivity index (χ2v) is 6.68. The van der Waals surface area contributed by atoms with Crippen LogP contribution in [0.5, 0.6) is 0 Å². The van der Waals surface area contributed by atoms with Gasteiger partial charge in [-0.25, -0.2) is 18.3 Å². The Bertz CT molecular complexity index is 557. The first kappa shape index (κ1) is 18.1. The van der Waals surface area contributed by atoms with E-state index in [1.54, 1.807) is 5.32 Å². The molecule has 120 valence electrons. The maximum Gasteiger partial charge on any atom is 0.380 e. The van der Waals surface area contributed by atoms with Crippen molar-refractivity contribution in [3.63, 3.8) is 0 Å². The van der Waals surface area contributed by atoms with E-state index in [0.29, 0.717) is 0 Å². The fraction of sp³-hybridized carbons (Fsp3) is 0.875. The summed E-state index contributed by atoms with van der Waals surface area (Å²) in [7, 11) is -8.11. The zero-order valence-electron chi connectivity index (χ0n) is 10.6. The fourth-order valence-electron chi connectivity index (χ4n) is 2.04. The van der Waals surface area contributed by atoms with Crippen molar-refractivity contribution >= 4 is 21.3 Å². The molecule has 0 spiro atoms. The quantitative estimate of drug-likeness (QED) is 0.354. The Hall–Kier alpha value is -0.930. The second-order valence-electron chi connectivity index (χ2n) is 4.34. The minimum Gasteiger partial charge on any atom is -0.394 e. The van der Waals surface area contributed by atoms with Crippen LogP contribution in [0.1, 0.15) is 6.92 Å². The van der Waals surface area contributed by atoms with Crippen LogP contribution in [-0.4, -0.2) is 62.1 Å². The Balaban J connectivity index is 3.63. The van der Waals surface area contributed by atoms with E-state index in [4.69, 9.17) is 5.11 Å². The highest BCUT2D eigenvalue weighted by Gasteiger charge is 2.72. The van der Waals surface area contributed by atoms with Gasteiger partial charge in [0.25, 0.3) is 0 Å². The number of hydrogen-bond donors (Lipinski definition) is 5. The Morgan fingerprint density at radius 3 is 2.10 bits per heavy atom. The monoisotopic (exact) mass is 345 g/mol. The number of aliphatic hydroxyl groups is 4. The van der Waals surface area contributed by atoms with Crippen molar-refractivity contribution < 1.29 is 48.2 Å². The van der Waals surface area contributed by atoms with Gasteiger partial charge in [0.2, 0.25) is 11.2 Å². The number of amides is 1. The molecule has 0 radical (unpaired) electrons. The molecule has 1 aliphatic rings. The van der Waals surface area contributed by atoms with Crippen LogP contribution >= 0.6 is 15.4 Å². The minimum absolute atomic E-state index is 0.802. The summed E-state index contributed by atoms with van der Waals surface area (Å²) in [6.45, 7) is -0.217. The Labute approximate surface area is 118 Å². The summed E-state index contributed by atoms with van der Waals surface area (Å²) in [4.78, 5) is 11.2. The highest BCUT2D eigenvalue weighted by molar-refractivity contribution is 7.38. The van der Waals surface area contributed by atoms with Gasteiger partial charge in [0.15, 0.2) is 0 Å². The molecule has 1 fully saturated rings. The molecule has 1 rings (SSSR count). The molecule has 1 heterocycles. The molecule has 1 saturated heterocycles. The third-order valence-corrected chi connectivity index (χ3v) is 5.41. The number of nitrogens with one attached hydrogen (secondary N) is 1. The zero-order valence-corrected chi connectivity index (χ0v) is 12.4. The second kappa shape index (κ2) is 6.05. The number of carbonyl (C=O) groups excluding carboxylic acids is 1. The lowest BCUT2D eigenvalue weighted by Gasteiger charge is -2.48. The first-order valence-corrected chi connectivity index (χ1v) is 7.85. The molecule has 11 nitrogen and oxygen atoms in total. The molecular weight excluding hydrogens is 332 g/mol. The van der Waals surface area contributed by atoms with E-state index in [-0.39, 0.29) is 0 Å². The van der Waals surface area contributed by atoms with Crippen molar-refractivity contribution in [3.05, 3.63) is 0 Å². The molecule has 21 heavy (non-hydrogen) atoms. The van der Waals surface area contributed by atoms with Gasteiger partial charge >= 0.3 is 20.9 Å². The van der Waals surface area contributed by atoms with E-state index in [1.807, 2.05) is 0 Å². The fourth-order valence-corrected chi connectivity index (χ4v) is 4.12. The van der Waals surface area contributed by atoms with Crippen molar-refractivity contribution in [1.82, 2.24) is 5.32 Å². The molecule has 5 N–H and O–H groups in total. The molecule has 1 amide bonds. The van der Waals surface area contributed by atoms with Crippen LogP contribution in [0.3, 0.4) is 0 Å². The summed E-state index contributed by atoms with van der Waals surface area (Å²) in [5, 5.41) is 37.0. The summed E-state index contributed by atoms with van der Waals surface area (Å²) >= 11 is 0. The first-order chi connectivity index (χ1) is 9.54. The largest absolute Gasteiger partial charge is 0.394 e. The van der Waals surface area contributed by atoms with Crippen LogP contribution < -0.4 is 5.32 Å². The predicted molar refractivity (Wildman–Crippen MR) is 62.1 cm³/mol. The zero-order chi connectivity index (χ0) is 16.6. The van der Waals surface area contributed by atoms with Crippen molar-refractivity contribution in [2.24, 2.45) is 0 Å². The summed E-state index contributed by atoms with van der Waals surface area (Å²) in [5.74, 6) is -1.11. The highest BCUT2D eigenvalue weighted by Crippen LogP contribution is 2.53. The summed E-state index contributed by atoms with van der Waals surface area (Å²) in [6.07, 6.45) is -6.33. The van der Waals surface area contributed by atoms with Crippen LogP contribution in [0.15, 0.2) is 0 Å². The van der Waals surface area contributed by atoms with Crippen LogP contribution in [0.25, 0.3) is 0 Å². The molecule has 1 aliphatic heterocycles. The Kier molecular flexibility index (Phi) is 5.22. The van der Waals surface area contributed by atoms with E-state index in [9.17, 15) is 38.4 Å². The van der Waals surface area contributed by atoms with Crippen LogP contribution in [0, 0.1) is 0 Å². The minimum atomic E-state index is -4.08. The van der Waals surface area contributed by atoms with Gasteiger partial charge in [-0.05, 0) is 0 Å². The van der Waals surface area contributed by atoms with Gasteiger partial charge in [-0.15, -0.1) is 0 Å². The van der Waals surface area contributed by atoms with Gasteiger partial charge in [0.1, 0.15) is 18.3 Å². The topological polar surface area (TPSA) is 188 Å². The van der Waals surface area contributed by atoms with Gasteiger partial charge in [-0.1, -0.05) is 0 Å². The van der Waals surface area contributed by atoms with Crippen molar-refractivity contribution in [2.45, 2.75) is 36.0 Å². The van der Waals surface area contributed by atoms with Gasteiger partial charge in [-0.3, -0.25) is 4.79 Å². The Morgan fingerprint density at radius 2 is 1.76 bits per heavy atom. The Morgan fingerprint density at radius 1 is 1.24 bits per heavy atom. The van der Waals surface area contributed by atoms with Crippen molar-refractivity contribution in [1.29, 1.82) is 0 Å². The van der Waals surface area contributed by atoms with Gasteiger partial charge in [0.05, 0.1) is 6.61 Å². The van der Waals surface area contributed by atoms with E-state index >= 15 is 0 Å². The number of hydrogen-bond acceptors (Lipinski definition) is 10. The van der Waals surface area contributed by atoms with Crippen LogP contribution in [0.2, 0.25) is 0 Å². The standard InChI is InChI=1S/C8H13NO10P2/c1-3(11)9-7(20(15)16)6(13)5(12)4(2-10)19-8(7,14)21(17)18/h4-6,10,12-14H,2H2,1H3,(H,9,11)/t4-,5-,6-,7-,8?/m1/s1. The number of rotatable bonds is 4. The lowest BCUT2D eigenvalue weighted by atomic mass is 9.95. The molecule has 0 bridgehead atoms. The molecule has 5 atom stereocenters. The van der Waals surface area contributed by atoms with Gasteiger partial charge < -0.3 is 30.5 Å². The van der Waals surface area contributed by atoms with E-state index in [1.165, 1.54) is 0 Å². The SMILES string of the molecule is CC(=O)N[C@@]1(P(=O)=O)[C@H](O)[C@H](O)[C@@H](CO)OC1(O)P(=O)=O. The molecular formula is C8H13NO10P2. The van der Waals surface area contributed by atoms with E-state index in [2.05, 4.69) is 4.74 Å². The van der Waals surface area contributed by atoms with Crippen LogP contribution in [-0.2, 0) is 27.8 Å². The maximum atomic E-state index is 11.5. The molecule has 1 unspecified atom stereocenters. The molecule has 0 saturated carbocycles. The van der Waals surface area contributed by atoms with E-state index in [0.717, 1.165) is 6.92 Å².